The highest BCUT2D eigenvalue weighted by molar-refractivity contribution is 5.75. The minimum absolute atomic E-state index is 0.244. The van der Waals surface area contributed by atoms with Crippen molar-refractivity contribution < 1.29 is 38.0 Å². The number of hydrazine groups is 1. The molecule has 10 nitrogen and oxygen atoms in total. The van der Waals surface area contributed by atoms with E-state index in [0.717, 1.165) is 13.0 Å². The lowest BCUT2D eigenvalue weighted by Crippen LogP contribution is -2.30. The first-order valence-corrected chi connectivity index (χ1v) is 17.3. The first-order valence-electron chi connectivity index (χ1n) is 17.3. The third-order valence-corrected chi connectivity index (χ3v) is 7.01. The molecule has 3 N–H and O–H groups in total. The molecule has 0 aromatic rings. The number of nitrogens with one attached hydrogen (secondary N) is 1. The van der Waals surface area contributed by atoms with Gasteiger partial charge in [0.15, 0.2) is 0 Å². The second-order valence-electron chi connectivity index (χ2n) is 10.9. The van der Waals surface area contributed by atoms with Crippen LogP contribution in [-0.2, 0) is 38.0 Å². The quantitative estimate of drug-likeness (QED) is 0.0385. The van der Waals surface area contributed by atoms with Gasteiger partial charge in [0.25, 0.3) is 0 Å². The van der Waals surface area contributed by atoms with Gasteiger partial charge in [0.2, 0.25) is 5.91 Å². The Kier molecular flexibility index (Phi) is 38.4. The van der Waals surface area contributed by atoms with Gasteiger partial charge in [0.1, 0.15) is 0 Å². The molecule has 0 spiro atoms. The largest absolute Gasteiger partial charge is 0.379 e. The van der Waals surface area contributed by atoms with Gasteiger partial charge in [0, 0.05) is 6.61 Å². The van der Waals surface area contributed by atoms with Crippen LogP contribution in [0.4, 0.5) is 0 Å². The molecular formula is C33H68N2O8. The molecule has 0 saturated carbocycles. The molecule has 0 saturated heterocycles. The number of unbranched alkanes of at least 4 members (excludes halogenated alkanes) is 15. The summed E-state index contributed by atoms with van der Waals surface area (Å²) in [6, 6.07) is 0. The van der Waals surface area contributed by atoms with E-state index < -0.39 is 0 Å². The second-order valence-corrected chi connectivity index (χ2v) is 10.9. The molecule has 0 aliphatic carbocycles. The van der Waals surface area contributed by atoms with Gasteiger partial charge in [-0.15, -0.1) is 0 Å². The number of nitrogens with two attached hydrogens (primary N) is 1. The van der Waals surface area contributed by atoms with Crippen LogP contribution < -0.4 is 11.3 Å². The molecule has 0 aliphatic heterocycles. The monoisotopic (exact) mass is 620 g/mol. The van der Waals surface area contributed by atoms with Crippen molar-refractivity contribution in [2.24, 2.45) is 5.84 Å². The topological polar surface area (TPSA) is 120 Å². The van der Waals surface area contributed by atoms with E-state index >= 15 is 0 Å². The fourth-order valence-corrected chi connectivity index (χ4v) is 4.41. The van der Waals surface area contributed by atoms with Crippen molar-refractivity contribution in [3.05, 3.63) is 0 Å². The van der Waals surface area contributed by atoms with E-state index in [-0.39, 0.29) is 12.3 Å². The van der Waals surface area contributed by atoms with Gasteiger partial charge < -0.3 is 33.2 Å². The average Bonchev–Trinajstić information content (AvgIpc) is 3.02. The van der Waals surface area contributed by atoms with Crippen molar-refractivity contribution in [3.8, 4) is 0 Å². The van der Waals surface area contributed by atoms with Crippen LogP contribution in [0.3, 0.4) is 0 Å². The molecule has 0 bridgehead atoms. The van der Waals surface area contributed by atoms with E-state index in [1.54, 1.807) is 0 Å². The summed E-state index contributed by atoms with van der Waals surface area (Å²) in [5.41, 5.74) is 2.05. The number of carbonyl (C=O) groups excluding carboxylic acids is 1. The van der Waals surface area contributed by atoms with E-state index in [1.807, 2.05) is 0 Å². The third kappa shape index (κ3) is 39.1. The number of amides is 1. The lowest BCUT2D eigenvalue weighted by Gasteiger charge is -2.08. The Morgan fingerprint density at radius 1 is 0.395 bits per heavy atom. The molecule has 0 aromatic carbocycles. The molecule has 0 heterocycles. The molecular weight excluding hydrogens is 552 g/mol. The summed E-state index contributed by atoms with van der Waals surface area (Å²) >= 11 is 0. The van der Waals surface area contributed by atoms with Gasteiger partial charge in [-0.05, 0) is 6.42 Å². The molecule has 258 valence electrons. The van der Waals surface area contributed by atoms with Crippen LogP contribution in [0.25, 0.3) is 0 Å². The Hall–Kier alpha value is -0.850. The molecule has 43 heavy (non-hydrogen) atoms. The maximum Gasteiger partial charge on any atom is 0.236 e. The Morgan fingerprint density at radius 2 is 0.651 bits per heavy atom. The van der Waals surface area contributed by atoms with E-state index in [1.165, 1.54) is 96.3 Å². The van der Waals surface area contributed by atoms with Crippen LogP contribution in [0.1, 0.15) is 116 Å². The van der Waals surface area contributed by atoms with Gasteiger partial charge in [-0.3, -0.25) is 10.2 Å². The summed E-state index contributed by atoms with van der Waals surface area (Å²) in [6.07, 6.45) is 22.4. The van der Waals surface area contributed by atoms with Crippen LogP contribution >= 0.6 is 0 Å². The minimum atomic E-state index is -0.246. The molecule has 1 amide bonds. The fourth-order valence-electron chi connectivity index (χ4n) is 4.41. The molecule has 0 atom stereocenters. The summed E-state index contributed by atoms with van der Waals surface area (Å²) in [7, 11) is 0. The van der Waals surface area contributed by atoms with Crippen LogP contribution in [0, 0.1) is 0 Å². The second kappa shape index (κ2) is 39.2. The highest BCUT2D eigenvalue weighted by atomic mass is 16.6. The molecule has 0 aliphatic rings. The average molecular weight is 621 g/mol. The van der Waals surface area contributed by atoms with Crippen LogP contribution in [0.5, 0.6) is 0 Å². The molecule has 10 heteroatoms. The maximum atomic E-state index is 10.9. The number of hydrogen-bond acceptors (Lipinski definition) is 9. The van der Waals surface area contributed by atoms with Gasteiger partial charge in [-0.25, -0.2) is 5.84 Å². The number of ether oxygens (including phenoxy) is 7. The Labute approximate surface area is 263 Å². The zero-order valence-electron chi connectivity index (χ0n) is 27.8. The smallest absolute Gasteiger partial charge is 0.236 e. The zero-order chi connectivity index (χ0) is 31.2. The highest BCUT2D eigenvalue weighted by Gasteiger charge is 1.99. The molecule has 0 rings (SSSR count). The number of carbonyl (C=O) groups is 1. The Bertz CT molecular complexity index is 531. The van der Waals surface area contributed by atoms with Gasteiger partial charge in [-0.2, -0.15) is 0 Å². The summed E-state index contributed by atoms with van der Waals surface area (Å²) in [5.74, 6) is 4.73. The van der Waals surface area contributed by atoms with Crippen LogP contribution in [-0.4, -0.2) is 98.4 Å². The first-order chi connectivity index (χ1) is 21.3. The van der Waals surface area contributed by atoms with E-state index in [0.29, 0.717) is 85.9 Å². The summed E-state index contributed by atoms with van der Waals surface area (Å²) in [4.78, 5) is 10.9. The van der Waals surface area contributed by atoms with Crippen molar-refractivity contribution >= 4 is 5.91 Å². The van der Waals surface area contributed by atoms with Gasteiger partial charge in [-0.1, -0.05) is 103 Å². The number of rotatable bonds is 38. The van der Waals surface area contributed by atoms with Crippen LogP contribution in [0.2, 0.25) is 0 Å². The normalized spacial score (nSPS) is 11.4. The van der Waals surface area contributed by atoms with Crippen molar-refractivity contribution in [1.29, 1.82) is 0 Å². The van der Waals surface area contributed by atoms with Crippen LogP contribution in [0.15, 0.2) is 0 Å². The number of hydrogen-bond donors (Lipinski definition) is 2. The standard InChI is InChI=1S/C33H68N2O8/c1-2-3-4-5-6-7-8-9-10-11-12-13-14-15-16-17-19-37-21-23-39-25-27-41-29-31-43-32-30-42-28-26-40-24-22-38-20-18-33(36)35-34/h2-32,34H2,1H3,(H,35,36). The first kappa shape index (κ1) is 42.1. The summed E-state index contributed by atoms with van der Waals surface area (Å²) < 4.78 is 38.3. The van der Waals surface area contributed by atoms with E-state index in [2.05, 4.69) is 12.3 Å². The van der Waals surface area contributed by atoms with Crippen molar-refractivity contribution in [2.75, 3.05) is 92.5 Å². The maximum absolute atomic E-state index is 10.9. The van der Waals surface area contributed by atoms with Crippen molar-refractivity contribution in [1.82, 2.24) is 5.43 Å². The third-order valence-electron chi connectivity index (χ3n) is 7.01. The SMILES string of the molecule is CCCCCCCCCCCCCCCCCCOCCOCCOCCOCCOCCOCCOCCC(=O)NN. The van der Waals surface area contributed by atoms with Crippen molar-refractivity contribution in [2.45, 2.75) is 116 Å². The Morgan fingerprint density at radius 3 is 0.953 bits per heavy atom. The Balaban J connectivity index is 3.04. The van der Waals surface area contributed by atoms with Gasteiger partial charge in [0.05, 0.1) is 92.3 Å². The zero-order valence-corrected chi connectivity index (χ0v) is 27.8. The minimum Gasteiger partial charge on any atom is -0.379 e. The fraction of sp³-hybridized carbons (Fsp3) is 0.970. The lowest BCUT2D eigenvalue weighted by atomic mass is 10.0. The van der Waals surface area contributed by atoms with E-state index in [9.17, 15) is 4.79 Å². The summed E-state index contributed by atoms with van der Waals surface area (Å²) in [5, 5.41) is 0. The predicted octanol–water partition coefficient (Wildman–Crippen LogP) is 5.74. The molecule has 0 aromatic heterocycles. The molecule has 0 radical (unpaired) electrons. The highest BCUT2D eigenvalue weighted by Crippen LogP contribution is 2.13. The predicted molar refractivity (Wildman–Crippen MR) is 172 cm³/mol. The van der Waals surface area contributed by atoms with Gasteiger partial charge >= 0.3 is 0 Å². The van der Waals surface area contributed by atoms with Crippen molar-refractivity contribution in [3.63, 3.8) is 0 Å². The lowest BCUT2D eigenvalue weighted by molar-refractivity contribution is -0.122. The molecule has 0 unspecified atom stereocenters. The van der Waals surface area contributed by atoms with E-state index in [4.69, 9.17) is 39.0 Å². The molecule has 0 fully saturated rings. The summed E-state index contributed by atoms with van der Waals surface area (Å²) in [6.45, 7) is 9.79.